The molecule has 1 unspecified atom stereocenters. The Hall–Kier alpha value is -0.0800. The molecule has 1 atom stereocenters. The van der Waals surface area contributed by atoms with Crippen molar-refractivity contribution in [2.45, 2.75) is 90.5 Å². The number of hydrogen-bond donors (Lipinski definition) is 1. The SMILES string of the molecule is CCCCCCCCCCCC(N)COCCC. The van der Waals surface area contributed by atoms with Crippen LogP contribution in [0.25, 0.3) is 0 Å². The molecule has 0 spiro atoms. The summed E-state index contributed by atoms with van der Waals surface area (Å²) in [5, 5.41) is 0. The minimum Gasteiger partial charge on any atom is -0.380 e. The number of ether oxygens (including phenoxy) is 1. The maximum absolute atomic E-state index is 5.99. The van der Waals surface area contributed by atoms with Crippen LogP contribution in [0.15, 0.2) is 0 Å². The van der Waals surface area contributed by atoms with E-state index in [-0.39, 0.29) is 6.04 Å². The zero-order valence-electron chi connectivity index (χ0n) is 12.8. The van der Waals surface area contributed by atoms with Crippen LogP contribution in [-0.2, 0) is 4.74 Å². The summed E-state index contributed by atoms with van der Waals surface area (Å²) in [6.45, 7) is 6.00. The monoisotopic (exact) mass is 257 g/mol. The highest BCUT2D eigenvalue weighted by molar-refractivity contribution is 4.60. The second kappa shape index (κ2) is 15.0. The molecule has 0 heterocycles. The molecule has 0 fully saturated rings. The summed E-state index contributed by atoms with van der Waals surface area (Å²) in [6.07, 6.45) is 14.6. The molecule has 0 aromatic rings. The zero-order valence-corrected chi connectivity index (χ0v) is 12.8. The van der Waals surface area contributed by atoms with E-state index in [2.05, 4.69) is 13.8 Å². The van der Waals surface area contributed by atoms with E-state index in [4.69, 9.17) is 10.5 Å². The normalized spacial score (nSPS) is 12.8. The van der Waals surface area contributed by atoms with E-state index < -0.39 is 0 Å². The summed E-state index contributed by atoms with van der Waals surface area (Å²) in [5.41, 5.74) is 5.99. The van der Waals surface area contributed by atoms with E-state index in [1.54, 1.807) is 0 Å². The summed E-state index contributed by atoms with van der Waals surface area (Å²) in [7, 11) is 0. The van der Waals surface area contributed by atoms with Crippen LogP contribution in [0.5, 0.6) is 0 Å². The second-order valence-corrected chi connectivity index (χ2v) is 5.45. The summed E-state index contributed by atoms with van der Waals surface area (Å²) < 4.78 is 5.45. The van der Waals surface area contributed by atoms with E-state index in [0.717, 1.165) is 26.1 Å². The van der Waals surface area contributed by atoms with Crippen LogP contribution in [-0.4, -0.2) is 19.3 Å². The predicted molar refractivity (Wildman–Crippen MR) is 80.9 cm³/mol. The molecule has 0 aliphatic carbocycles. The van der Waals surface area contributed by atoms with Crippen molar-refractivity contribution in [3.63, 3.8) is 0 Å². The molecule has 0 rings (SSSR count). The summed E-state index contributed by atoms with van der Waals surface area (Å²) in [6, 6.07) is 0.251. The highest BCUT2D eigenvalue weighted by Crippen LogP contribution is 2.11. The Morgan fingerprint density at radius 3 is 1.89 bits per heavy atom. The van der Waals surface area contributed by atoms with Crippen molar-refractivity contribution in [1.82, 2.24) is 0 Å². The lowest BCUT2D eigenvalue weighted by atomic mass is 10.0. The Morgan fingerprint density at radius 2 is 1.33 bits per heavy atom. The molecule has 2 nitrogen and oxygen atoms in total. The van der Waals surface area contributed by atoms with Gasteiger partial charge in [0.1, 0.15) is 0 Å². The molecule has 110 valence electrons. The van der Waals surface area contributed by atoms with Crippen molar-refractivity contribution in [2.75, 3.05) is 13.2 Å². The lowest BCUT2D eigenvalue weighted by Crippen LogP contribution is -2.26. The average molecular weight is 257 g/mol. The van der Waals surface area contributed by atoms with E-state index in [1.165, 1.54) is 57.8 Å². The Labute approximate surface area is 115 Å². The largest absolute Gasteiger partial charge is 0.380 e. The van der Waals surface area contributed by atoms with Crippen molar-refractivity contribution >= 4 is 0 Å². The molecule has 0 radical (unpaired) electrons. The lowest BCUT2D eigenvalue weighted by Gasteiger charge is -2.11. The number of hydrogen-bond acceptors (Lipinski definition) is 2. The highest BCUT2D eigenvalue weighted by Gasteiger charge is 2.01. The first-order valence-electron chi connectivity index (χ1n) is 8.14. The lowest BCUT2D eigenvalue weighted by molar-refractivity contribution is 0.118. The van der Waals surface area contributed by atoms with Gasteiger partial charge >= 0.3 is 0 Å². The van der Waals surface area contributed by atoms with Gasteiger partial charge in [0.2, 0.25) is 0 Å². The van der Waals surface area contributed by atoms with Crippen LogP contribution >= 0.6 is 0 Å². The highest BCUT2D eigenvalue weighted by atomic mass is 16.5. The molecule has 0 aromatic heterocycles. The fourth-order valence-electron chi connectivity index (χ4n) is 2.18. The minimum atomic E-state index is 0.251. The van der Waals surface area contributed by atoms with Gasteiger partial charge in [0.25, 0.3) is 0 Å². The van der Waals surface area contributed by atoms with Gasteiger partial charge in [-0.3, -0.25) is 0 Å². The van der Waals surface area contributed by atoms with Gasteiger partial charge in [-0.2, -0.15) is 0 Å². The van der Waals surface area contributed by atoms with Gasteiger partial charge in [0, 0.05) is 12.6 Å². The molecule has 0 saturated carbocycles. The summed E-state index contributed by atoms with van der Waals surface area (Å²) in [4.78, 5) is 0. The number of nitrogens with two attached hydrogens (primary N) is 1. The Kier molecular flexibility index (Phi) is 14.9. The Bertz CT molecular complexity index is 150. The van der Waals surface area contributed by atoms with Crippen LogP contribution in [0, 0.1) is 0 Å². The molecule has 0 saturated heterocycles. The number of rotatable bonds is 14. The molecule has 0 aromatic carbocycles. The van der Waals surface area contributed by atoms with Gasteiger partial charge in [-0.25, -0.2) is 0 Å². The Morgan fingerprint density at radius 1 is 0.778 bits per heavy atom. The molecule has 0 bridgehead atoms. The van der Waals surface area contributed by atoms with Crippen molar-refractivity contribution < 1.29 is 4.74 Å². The third-order valence-corrected chi connectivity index (χ3v) is 3.36. The Balaban J connectivity index is 3.05. The third-order valence-electron chi connectivity index (χ3n) is 3.36. The standard InChI is InChI=1S/C16H35NO/c1-3-5-6-7-8-9-10-11-12-13-16(17)15-18-14-4-2/h16H,3-15,17H2,1-2H3. The maximum atomic E-state index is 5.99. The summed E-state index contributed by atoms with van der Waals surface area (Å²) in [5.74, 6) is 0. The maximum Gasteiger partial charge on any atom is 0.0617 e. The average Bonchev–Trinajstić information content (AvgIpc) is 2.37. The molecule has 0 aliphatic rings. The van der Waals surface area contributed by atoms with E-state index in [9.17, 15) is 0 Å². The smallest absolute Gasteiger partial charge is 0.0617 e. The molecule has 2 heteroatoms. The topological polar surface area (TPSA) is 35.2 Å². The van der Waals surface area contributed by atoms with Crippen LogP contribution < -0.4 is 5.73 Å². The van der Waals surface area contributed by atoms with Crippen LogP contribution in [0.2, 0.25) is 0 Å². The molecule has 18 heavy (non-hydrogen) atoms. The van der Waals surface area contributed by atoms with Crippen molar-refractivity contribution in [3.8, 4) is 0 Å². The predicted octanol–water partition coefficient (Wildman–Crippen LogP) is 4.66. The fourth-order valence-corrected chi connectivity index (χ4v) is 2.18. The van der Waals surface area contributed by atoms with Crippen LogP contribution in [0.3, 0.4) is 0 Å². The van der Waals surface area contributed by atoms with E-state index in [0.29, 0.717) is 0 Å². The van der Waals surface area contributed by atoms with Gasteiger partial charge in [0.05, 0.1) is 6.61 Å². The second-order valence-electron chi connectivity index (χ2n) is 5.45. The van der Waals surface area contributed by atoms with E-state index in [1.807, 2.05) is 0 Å². The fraction of sp³-hybridized carbons (Fsp3) is 1.00. The zero-order chi connectivity index (χ0) is 13.5. The van der Waals surface area contributed by atoms with Crippen molar-refractivity contribution in [3.05, 3.63) is 0 Å². The first-order chi connectivity index (χ1) is 8.81. The minimum absolute atomic E-state index is 0.251. The summed E-state index contributed by atoms with van der Waals surface area (Å²) >= 11 is 0. The van der Waals surface area contributed by atoms with Gasteiger partial charge in [0.15, 0.2) is 0 Å². The number of unbranched alkanes of at least 4 members (excludes halogenated alkanes) is 8. The molecule has 0 aliphatic heterocycles. The first kappa shape index (κ1) is 17.9. The first-order valence-corrected chi connectivity index (χ1v) is 8.14. The van der Waals surface area contributed by atoms with Gasteiger partial charge < -0.3 is 10.5 Å². The van der Waals surface area contributed by atoms with Crippen LogP contribution in [0.4, 0.5) is 0 Å². The van der Waals surface area contributed by atoms with Gasteiger partial charge in [-0.05, 0) is 12.8 Å². The molecular weight excluding hydrogens is 222 g/mol. The van der Waals surface area contributed by atoms with Gasteiger partial charge in [-0.15, -0.1) is 0 Å². The van der Waals surface area contributed by atoms with Crippen molar-refractivity contribution in [2.24, 2.45) is 5.73 Å². The molecular formula is C16H35NO. The quantitative estimate of drug-likeness (QED) is 0.459. The third kappa shape index (κ3) is 14.0. The van der Waals surface area contributed by atoms with E-state index >= 15 is 0 Å². The van der Waals surface area contributed by atoms with Crippen molar-refractivity contribution in [1.29, 1.82) is 0 Å². The van der Waals surface area contributed by atoms with Crippen LogP contribution in [0.1, 0.15) is 84.5 Å². The van der Waals surface area contributed by atoms with Gasteiger partial charge in [-0.1, -0.05) is 71.6 Å². The molecule has 2 N–H and O–H groups in total. The molecule has 0 amide bonds.